The second kappa shape index (κ2) is 7.80. The summed E-state index contributed by atoms with van der Waals surface area (Å²) < 4.78 is 8.00. The predicted octanol–water partition coefficient (Wildman–Crippen LogP) is 3.43. The molecule has 29 heavy (non-hydrogen) atoms. The van der Waals surface area contributed by atoms with Crippen LogP contribution in [0, 0.1) is 11.7 Å². The standard InChI is InChI=1S/C20H18N6O2S/c1-12-4-3-5-15(10-12)19-24-23-18(28-19)14-8-6-13(7-9-14)17(27)21-11-16-22-25-20(29)26(16)2/h3-10H,11H2,1-2H3,(H,21,27)(H,25,29). The molecule has 4 rings (SSSR count). The highest BCUT2D eigenvalue weighted by Gasteiger charge is 2.12. The molecule has 9 heteroatoms. The van der Waals surface area contributed by atoms with Crippen molar-refractivity contribution in [1.29, 1.82) is 0 Å². The van der Waals surface area contributed by atoms with Crippen LogP contribution in [0.2, 0.25) is 0 Å². The normalized spacial score (nSPS) is 10.8. The lowest BCUT2D eigenvalue weighted by Gasteiger charge is -2.05. The molecule has 0 aliphatic rings. The Hall–Kier alpha value is -3.59. The van der Waals surface area contributed by atoms with Gasteiger partial charge in [0, 0.05) is 23.7 Å². The Kier molecular flexibility index (Phi) is 5.05. The van der Waals surface area contributed by atoms with E-state index in [0.29, 0.717) is 27.9 Å². The van der Waals surface area contributed by atoms with Gasteiger partial charge in [-0.1, -0.05) is 17.7 Å². The minimum absolute atomic E-state index is 0.212. The highest BCUT2D eigenvalue weighted by atomic mass is 32.1. The molecule has 0 atom stereocenters. The topological polar surface area (TPSA) is 102 Å². The first kappa shape index (κ1) is 18.8. The Morgan fingerprint density at radius 2 is 1.86 bits per heavy atom. The van der Waals surface area contributed by atoms with Crippen LogP contribution in [-0.4, -0.2) is 30.9 Å². The van der Waals surface area contributed by atoms with Crippen LogP contribution in [0.3, 0.4) is 0 Å². The van der Waals surface area contributed by atoms with Gasteiger partial charge >= 0.3 is 0 Å². The molecule has 146 valence electrons. The molecular formula is C20H18N6O2S. The molecule has 0 saturated heterocycles. The second-order valence-electron chi connectivity index (χ2n) is 6.55. The molecule has 0 radical (unpaired) electrons. The van der Waals surface area contributed by atoms with Crippen molar-refractivity contribution in [2.45, 2.75) is 13.5 Å². The Balaban J connectivity index is 1.46. The summed E-state index contributed by atoms with van der Waals surface area (Å²) in [6.07, 6.45) is 0. The summed E-state index contributed by atoms with van der Waals surface area (Å²) in [5.41, 5.74) is 3.24. The molecule has 0 aliphatic carbocycles. The molecule has 2 aromatic heterocycles. The van der Waals surface area contributed by atoms with Crippen molar-refractivity contribution in [3.8, 4) is 22.9 Å². The molecule has 0 bridgehead atoms. The van der Waals surface area contributed by atoms with Crippen LogP contribution >= 0.6 is 12.2 Å². The zero-order chi connectivity index (χ0) is 20.4. The van der Waals surface area contributed by atoms with Crippen LogP contribution in [0.4, 0.5) is 0 Å². The molecule has 0 fully saturated rings. The van der Waals surface area contributed by atoms with E-state index in [2.05, 4.69) is 25.7 Å². The van der Waals surface area contributed by atoms with Gasteiger partial charge in [0.25, 0.3) is 5.91 Å². The molecular weight excluding hydrogens is 388 g/mol. The average molecular weight is 406 g/mol. The van der Waals surface area contributed by atoms with Gasteiger partial charge in [0.1, 0.15) is 0 Å². The third kappa shape index (κ3) is 3.99. The van der Waals surface area contributed by atoms with E-state index in [0.717, 1.165) is 16.7 Å². The number of carbonyl (C=O) groups excluding carboxylic acids is 1. The lowest BCUT2D eigenvalue weighted by Crippen LogP contribution is -2.24. The Labute approximate surface area is 171 Å². The first-order valence-corrected chi connectivity index (χ1v) is 9.31. The maximum Gasteiger partial charge on any atom is 0.251 e. The highest BCUT2D eigenvalue weighted by Crippen LogP contribution is 2.24. The highest BCUT2D eigenvalue weighted by molar-refractivity contribution is 7.71. The first-order chi connectivity index (χ1) is 14.0. The van der Waals surface area contributed by atoms with Gasteiger partial charge in [0.15, 0.2) is 10.6 Å². The SMILES string of the molecule is Cc1cccc(-c2nnc(-c3ccc(C(=O)NCc4n[nH]c(=S)n4C)cc3)o2)c1. The summed E-state index contributed by atoms with van der Waals surface area (Å²) in [6.45, 7) is 2.28. The van der Waals surface area contributed by atoms with Gasteiger partial charge in [-0.05, 0) is 55.5 Å². The number of H-pyrrole nitrogens is 1. The van der Waals surface area contributed by atoms with E-state index in [9.17, 15) is 4.79 Å². The number of rotatable bonds is 5. The number of amides is 1. The predicted molar refractivity (Wildman–Crippen MR) is 109 cm³/mol. The van der Waals surface area contributed by atoms with Crippen LogP contribution in [0.25, 0.3) is 22.9 Å². The van der Waals surface area contributed by atoms with Gasteiger partial charge in [0.2, 0.25) is 11.8 Å². The molecule has 0 unspecified atom stereocenters. The van der Waals surface area contributed by atoms with Gasteiger partial charge in [-0.2, -0.15) is 5.10 Å². The number of hydrogen-bond acceptors (Lipinski definition) is 6. The van der Waals surface area contributed by atoms with Crippen LogP contribution < -0.4 is 5.32 Å². The van der Waals surface area contributed by atoms with Crippen molar-refractivity contribution in [2.75, 3.05) is 0 Å². The third-order valence-electron chi connectivity index (χ3n) is 4.46. The van der Waals surface area contributed by atoms with E-state index in [1.165, 1.54) is 0 Å². The molecule has 2 N–H and O–H groups in total. The molecule has 2 aromatic carbocycles. The number of carbonyl (C=O) groups is 1. The van der Waals surface area contributed by atoms with Crippen LogP contribution in [0.15, 0.2) is 52.9 Å². The van der Waals surface area contributed by atoms with E-state index < -0.39 is 0 Å². The number of hydrogen-bond donors (Lipinski definition) is 2. The fourth-order valence-corrected chi connectivity index (χ4v) is 2.95. The third-order valence-corrected chi connectivity index (χ3v) is 4.83. The Morgan fingerprint density at radius 1 is 1.14 bits per heavy atom. The number of aryl methyl sites for hydroxylation is 1. The van der Waals surface area contributed by atoms with E-state index in [-0.39, 0.29) is 12.5 Å². The largest absolute Gasteiger partial charge is 0.416 e. The summed E-state index contributed by atoms with van der Waals surface area (Å²) in [5, 5.41) is 17.8. The van der Waals surface area contributed by atoms with Crippen molar-refractivity contribution in [3.05, 3.63) is 70.3 Å². The molecule has 1 amide bonds. The van der Waals surface area contributed by atoms with Crippen LogP contribution in [0.1, 0.15) is 21.7 Å². The quantitative estimate of drug-likeness (QED) is 0.492. The number of nitrogens with one attached hydrogen (secondary N) is 2. The average Bonchev–Trinajstić information content (AvgIpc) is 3.34. The monoisotopic (exact) mass is 406 g/mol. The van der Waals surface area contributed by atoms with E-state index in [1.807, 2.05) is 31.2 Å². The Morgan fingerprint density at radius 3 is 2.52 bits per heavy atom. The van der Waals surface area contributed by atoms with Crippen molar-refractivity contribution < 1.29 is 9.21 Å². The van der Waals surface area contributed by atoms with Gasteiger partial charge in [0.05, 0.1) is 6.54 Å². The number of aromatic amines is 1. The van der Waals surface area contributed by atoms with Crippen molar-refractivity contribution in [1.82, 2.24) is 30.3 Å². The number of nitrogens with zero attached hydrogens (tertiary/aromatic N) is 4. The van der Waals surface area contributed by atoms with E-state index in [4.69, 9.17) is 16.6 Å². The number of benzene rings is 2. The van der Waals surface area contributed by atoms with Gasteiger partial charge in [-0.3, -0.25) is 9.89 Å². The summed E-state index contributed by atoms with van der Waals surface area (Å²) in [5.74, 6) is 1.29. The summed E-state index contributed by atoms with van der Waals surface area (Å²) >= 11 is 5.06. The smallest absolute Gasteiger partial charge is 0.251 e. The summed E-state index contributed by atoms with van der Waals surface area (Å²) in [7, 11) is 1.79. The fraction of sp³-hybridized carbons (Fsp3) is 0.150. The summed E-state index contributed by atoms with van der Waals surface area (Å²) in [4.78, 5) is 12.4. The lowest BCUT2D eigenvalue weighted by molar-refractivity contribution is 0.0949. The van der Waals surface area contributed by atoms with Gasteiger partial charge < -0.3 is 14.3 Å². The molecule has 0 aliphatic heterocycles. The minimum Gasteiger partial charge on any atom is -0.416 e. The van der Waals surface area contributed by atoms with Gasteiger partial charge in [-0.15, -0.1) is 10.2 Å². The zero-order valence-corrected chi connectivity index (χ0v) is 16.7. The maximum atomic E-state index is 12.4. The molecule has 0 spiro atoms. The lowest BCUT2D eigenvalue weighted by atomic mass is 10.1. The molecule has 8 nitrogen and oxygen atoms in total. The second-order valence-corrected chi connectivity index (χ2v) is 6.93. The van der Waals surface area contributed by atoms with Crippen molar-refractivity contribution >= 4 is 18.1 Å². The molecule has 4 aromatic rings. The van der Waals surface area contributed by atoms with E-state index >= 15 is 0 Å². The Bertz CT molecular complexity index is 1220. The van der Waals surface area contributed by atoms with E-state index in [1.54, 1.807) is 35.9 Å². The fourth-order valence-electron chi connectivity index (χ4n) is 2.80. The maximum absolute atomic E-state index is 12.4. The summed E-state index contributed by atoms with van der Waals surface area (Å²) in [6, 6.07) is 14.8. The molecule has 2 heterocycles. The van der Waals surface area contributed by atoms with Crippen molar-refractivity contribution in [3.63, 3.8) is 0 Å². The number of aromatic nitrogens is 5. The zero-order valence-electron chi connectivity index (χ0n) is 15.8. The van der Waals surface area contributed by atoms with Crippen molar-refractivity contribution in [2.24, 2.45) is 7.05 Å². The van der Waals surface area contributed by atoms with Crippen LogP contribution in [-0.2, 0) is 13.6 Å². The first-order valence-electron chi connectivity index (χ1n) is 8.91. The van der Waals surface area contributed by atoms with Crippen LogP contribution in [0.5, 0.6) is 0 Å². The minimum atomic E-state index is -0.212. The molecule has 0 saturated carbocycles. The van der Waals surface area contributed by atoms with Gasteiger partial charge in [-0.25, -0.2) is 0 Å².